The average molecular weight is 314 g/mol. The smallest absolute Gasteiger partial charge is 0.318 e. The van der Waals surface area contributed by atoms with Crippen molar-refractivity contribution < 1.29 is 9.90 Å². The average Bonchev–Trinajstić information content (AvgIpc) is 3.00. The lowest BCUT2D eigenvalue weighted by Crippen LogP contribution is -2.46. The van der Waals surface area contributed by atoms with Gasteiger partial charge in [-0.15, -0.1) is 0 Å². The lowest BCUT2D eigenvalue weighted by Gasteiger charge is -2.32. The van der Waals surface area contributed by atoms with Gasteiger partial charge >= 0.3 is 6.03 Å². The van der Waals surface area contributed by atoms with Crippen LogP contribution in [0, 0.1) is 0 Å². The summed E-state index contributed by atoms with van der Waals surface area (Å²) in [5, 5.41) is 12.4. The second-order valence-corrected chi connectivity index (χ2v) is 6.45. The minimum absolute atomic E-state index is 0.0143. The molecule has 0 radical (unpaired) electrons. The molecule has 0 fully saturated rings. The maximum absolute atomic E-state index is 12.8. The number of amides is 2. The highest BCUT2D eigenvalue weighted by Gasteiger charge is 2.31. The summed E-state index contributed by atoms with van der Waals surface area (Å²) < 4.78 is 0. The van der Waals surface area contributed by atoms with E-state index >= 15 is 0 Å². The molecule has 2 N–H and O–H groups in total. The number of aliphatic hydroxyl groups is 1. The third kappa shape index (κ3) is 3.75. The molecule has 0 unspecified atom stereocenters. The third-order valence-corrected chi connectivity index (χ3v) is 4.89. The number of benzene rings is 1. The first-order valence-corrected chi connectivity index (χ1v) is 8.70. The molecule has 2 aliphatic carbocycles. The van der Waals surface area contributed by atoms with Gasteiger partial charge in [0, 0.05) is 19.2 Å². The maximum Gasteiger partial charge on any atom is 0.318 e. The largest absolute Gasteiger partial charge is 0.396 e. The Balaban J connectivity index is 1.72. The van der Waals surface area contributed by atoms with Gasteiger partial charge in [-0.05, 0) is 49.7 Å². The molecule has 0 aromatic heterocycles. The summed E-state index contributed by atoms with van der Waals surface area (Å²) in [6.07, 6.45) is 9.91. The van der Waals surface area contributed by atoms with Crippen LogP contribution in [-0.2, 0) is 6.42 Å². The molecule has 4 nitrogen and oxygen atoms in total. The van der Waals surface area contributed by atoms with Gasteiger partial charge in [-0.1, -0.05) is 36.4 Å². The van der Waals surface area contributed by atoms with Crippen LogP contribution in [-0.4, -0.2) is 35.2 Å². The molecule has 2 amide bonds. The van der Waals surface area contributed by atoms with Crippen molar-refractivity contribution in [3.8, 4) is 0 Å². The summed E-state index contributed by atoms with van der Waals surface area (Å²) in [6, 6.07) is 8.79. The van der Waals surface area contributed by atoms with E-state index in [1.54, 1.807) is 0 Å². The highest BCUT2D eigenvalue weighted by Crippen LogP contribution is 2.35. The second-order valence-electron chi connectivity index (χ2n) is 6.45. The molecule has 0 heterocycles. The predicted octanol–water partition coefficient (Wildman–Crippen LogP) is 3.18. The topological polar surface area (TPSA) is 52.6 Å². The number of aryl methyl sites for hydroxylation is 1. The van der Waals surface area contributed by atoms with Crippen molar-refractivity contribution in [1.82, 2.24) is 10.2 Å². The lowest BCUT2D eigenvalue weighted by atomic mass is 10.0. The first kappa shape index (κ1) is 16.1. The number of aliphatic hydroxyl groups excluding tert-OH is 1. The molecule has 3 rings (SSSR count). The number of fused-ring (bicyclic) bond motifs is 1. The number of rotatable bonds is 5. The van der Waals surface area contributed by atoms with Crippen molar-refractivity contribution in [1.29, 1.82) is 0 Å². The standard InChI is InChI=1S/C19H26N2O2/c22-14-6-13-21(19(23)20-16-8-2-1-3-9-16)18-12-11-15-7-4-5-10-17(15)18/h1-2,4-5,7,10,16,18,22H,3,6,8-9,11-14H2,(H,20,23)/t16-,18-/m1/s1. The van der Waals surface area contributed by atoms with Crippen LogP contribution in [0.1, 0.15) is 49.3 Å². The summed E-state index contributed by atoms with van der Waals surface area (Å²) in [7, 11) is 0. The van der Waals surface area contributed by atoms with Crippen molar-refractivity contribution in [3.63, 3.8) is 0 Å². The van der Waals surface area contributed by atoms with Crippen molar-refractivity contribution in [2.45, 2.75) is 50.6 Å². The molecular formula is C19H26N2O2. The van der Waals surface area contributed by atoms with Crippen LogP contribution in [0.3, 0.4) is 0 Å². The summed E-state index contributed by atoms with van der Waals surface area (Å²) in [5.74, 6) is 0. The zero-order chi connectivity index (χ0) is 16.1. The number of carbonyl (C=O) groups excluding carboxylic acids is 1. The third-order valence-electron chi connectivity index (χ3n) is 4.89. The van der Waals surface area contributed by atoms with E-state index in [1.807, 2.05) is 11.0 Å². The van der Waals surface area contributed by atoms with E-state index in [1.165, 1.54) is 11.1 Å². The lowest BCUT2D eigenvalue weighted by molar-refractivity contribution is 0.161. The molecule has 2 aliphatic rings. The molecule has 0 saturated carbocycles. The fraction of sp³-hybridized carbons (Fsp3) is 0.526. The van der Waals surface area contributed by atoms with E-state index in [2.05, 4.69) is 35.7 Å². The Labute approximate surface area is 138 Å². The molecule has 0 bridgehead atoms. The number of hydrogen-bond donors (Lipinski definition) is 2. The Morgan fingerprint density at radius 2 is 2.13 bits per heavy atom. The normalized spacial score (nSPS) is 22.7. The van der Waals surface area contributed by atoms with Crippen molar-refractivity contribution in [2.24, 2.45) is 0 Å². The quantitative estimate of drug-likeness (QED) is 0.820. The van der Waals surface area contributed by atoms with Gasteiger partial charge in [0.1, 0.15) is 0 Å². The molecule has 4 heteroatoms. The minimum atomic E-state index is 0.0143. The van der Waals surface area contributed by atoms with Gasteiger partial charge in [0.15, 0.2) is 0 Å². The van der Waals surface area contributed by atoms with Crippen molar-refractivity contribution in [3.05, 3.63) is 47.5 Å². The predicted molar refractivity (Wildman–Crippen MR) is 91.2 cm³/mol. The Bertz CT molecular complexity index is 570. The van der Waals surface area contributed by atoms with Gasteiger partial charge in [0.2, 0.25) is 0 Å². The van der Waals surface area contributed by atoms with Crippen LogP contribution in [0.15, 0.2) is 36.4 Å². The molecule has 0 aliphatic heterocycles. The Hall–Kier alpha value is -1.81. The Kier molecular flexibility index (Phi) is 5.34. The number of allylic oxidation sites excluding steroid dienone is 1. The van der Waals surface area contributed by atoms with Crippen LogP contribution in [0.2, 0.25) is 0 Å². The number of nitrogens with zero attached hydrogens (tertiary/aromatic N) is 1. The van der Waals surface area contributed by atoms with E-state index < -0.39 is 0 Å². The fourth-order valence-corrected chi connectivity index (χ4v) is 3.68. The van der Waals surface area contributed by atoms with Gasteiger partial charge in [0.25, 0.3) is 0 Å². The molecule has 23 heavy (non-hydrogen) atoms. The van der Waals surface area contributed by atoms with E-state index in [4.69, 9.17) is 0 Å². The first-order chi connectivity index (χ1) is 11.3. The van der Waals surface area contributed by atoms with E-state index in [-0.39, 0.29) is 24.7 Å². The van der Waals surface area contributed by atoms with Gasteiger partial charge in [-0.2, -0.15) is 0 Å². The minimum Gasteiger partial charge on any atom is -0.396 e. The highest BCUT2D eigenvalue weighted by atomic mass is 16.3. The second kappa shape index (κ2) is 7.64. The van der Waals surface area contributed by atoms with Crippen LogP contribution >= 0.6 is 0 Å². The van der Waals surface area contributed by atoms with Gasteiger partial charge in [0.05, 0.1) is 6.04 Å². The molecular weight excluding hydrogens is 288 g/mol. The number of urea groups is 1. The van der Waals surface area contributed by atoms with Gasteiger partial charge in [-0.25, -0.2) is 4.79 Å². The summed E-state index contributed by atoms with van der Waals surface area (Å²) >= 11 is 0. The van der Waals surface area contributed by atoms with Crippen LogP contribution in [0.25, 0.3) is 0 Å². The SMILES string of the molecule is O=C(N[C@@H]1CC=CCC1)N(CCCO)[C@@H]1CCc2ccccc21. The van der Waals surface area contributed by atoms with E-state index in [0.717, 1.165) is 32.1 Å². The van der Waals surface area contributed by atoms with Crippen molar-refractivity contribution in [2.75, 3.05) is 13.2 Å². The summed E-state index contributed by atoms with van der Waals surface area (Å²) in [4.78, 5) is 14.8. The molecule has 1 aromatic carbocycles. The molecule has 1 aromatic rings. The monoisotopic (exact) mass is 314 g/mol. The molecule has 0 saturated heterocycles. The van der Waals surface area contributed by atoms with Gasteiger partial charge < -0.3 is 15.3 Å². The Morgan fingerprint density at radius 1 is 1.26 bits per heavy atom. The van der Waals surface area contributed by atoms with Crippen molar-refractivity contribution >= 4 is 6.03 Å². The highest BCUT2D eigenvalue weighted by molar-refractivity contribution is 5.75. The zero-order valence-corrected chi connectivity index (χ0v) is 13.6. The first-order valence-electron chi connectivity index (χ1n) is 8.70. The Morgan fingerprint density at radius 3 is 2.91 bits per heavy atom. The number of carbonyl (C=O) groups is 1. The zero-order valence-electron chi connectivity index (χ0n) is 13.6. The molecule has 0 spiro atoms. The summed E-state index contributed by atoms with van der Waals surface area (Å²) in [5.41, 5.74) is 2.61. The molecule has 124 valence electrons. The number of hydrogen-bond acceptors (Lipinski definition) is 2. The van der Waals surface area contributed by atoms with Crippen LogP contribution in [0.4, 0.5) is 4.79 Å². The number of nitrogens with one attached hydrogen (secondary N) is 1. The van der Waals surface area contributed by atoms with Crippen LogP contribution in [0.5, 0.6) is 0 Å². The summed E-state index contributed by atoms with van der Waals surface area (Å²) in [6.45, 7) is 0.716. The maximum atomic E-state index is 12.8. The van der Waals surface area contributed by atoms with E-state index in [0.29, 0.717) is 13.0 Å². The fourth-order valence-electron chi connectivity index (χ4n) is 3.68. The molecule has 2 atom stereocenters. The van der Waals surface area contributed by atoms with E-state index in [9.17, 15) is 9.90 Å². The van der Waals surface area contributed by atoms with Crippen LogP contribution < -0.4 is 5.32 Å². The van der Waals surface area contributed by atoms with Gasteiger partial charge in [-0.3, -0.25) is 0 Å².